The van der Waals surface area contributed by atoms with Gasteiger partial charge >= 0.3 is 0 Å². The van der Waals surface area contributed by atoms with Gasteiger partial charge in [-0.15, -0.1) is 5.10 Å². The van der Waals surface area contributed by atoms with Crippen molar-refractivity contribution in [2.75, 3.05) is 5.32 Å². The highest BCUT2D eigenvalue weighted by Crippen LogP contribution is 2.22. The van der Waals surface area contributed by atoms with Gasteiger partial charge in [-0.2, -0.15) is 0 Å². The Kier molecular flexibility index (Phi) is 5.23. The number of hydrogen-bond acceptors (Lipinski definition) is 4. The van der Waals surface area contributed by atoms with Crippen molar-refractivity contribution >= 4 is 29.1 Å². The molecule has 0 saturated carbocycles. The number of para-hydroxylation sites is 1. The lowest BCUT2D eigenvalue weighted by atomic mass is 10.1. The molecule has 0 bridgehead atoms. The number of anilines is 1. The highest BCUT2D eigenvalue weighted by molar-refractivity contribution is 6.32. The number of amides is 2. The molecular formula is C19H18ClN5O2. The minimum atomic E-state index is -0.618. The zero-order valence-corrected chi connectivity index (χ0v) is 15.6. The Morgan fingerprint density at radius 2 is 1.93 bits per heavy atom. The molecule has 1 aromatic heterocycles. The topological polar surface area (TPSA) is 103 Å². The van der Waals surface area contributed by atoms with Gasteiger partial charge in [0.25, 0.3) is 11.8 Å². The number of nitrogens with one attached hydrogen (secondary N) is 1. The number of carbonyl (C=O) groups is 2. The fourth-order valence-electron chi connectivity index (χ4n) is 2.76. The first kappa shape index (κ1) is 18.6. The van der Waals surface area contributed by atoms with Crippen molar-refractivity contribution in [1.82, 2.24) is 14.8 Å². The van der Waals surface area contributed by atoms with Crippen LogP contribution in [0.3, 0.4) is 0 Å². The maximum Gasteiger partial charge on any atom is 0.295 e. The molecule has 3 rings (SSSR count). The monoisotopic (exact) mass is 383 g/mol. The molecule has 0 aliphatic heterocycles. The summed E-state index contributed by atoms with van der Waals surface area (Å²) in [5.41, 5.74) is 7.31. The summed E-state index contributed by atoms with van der Waals surface area (Å²) < 4.78 is 1.54. The van der Waals surface area contributed by atoms with Crippen LogP contribution < -0.4 is 11.1 Å². The van der Waals surface area contributed by atoms with E-state index in [0.29, 0.717) is 34.2 Å². The van der Waals surface area contributed by atoms with Crippen LogP contribution in [0.25, 0.3) is 5.69 Å². The number of aryl methyl sites for hydroxylation is 2. The summed E-state index contributed by atoms with van der Waals surface area (Å²) in [7, 11) is 0. The van der Waals surface area contributed by atoms with Crippen LogP contribution in [0.4, 0.5) is 5.69 Å². The highest BCUT2D eigenvalue weighted by Gasteiger charge is 2.20. The molecule has 0 aliphatic rings. The molecule has 0 aliphatic carbocycles. The van der Waals surface area contributed by atoms with Crippen LogP contribution in [0.5, 0.6) is 0 Å². The van der Waals surface area contributed by atoms with E-state index in [1.165, 1.54) is 0 Å². The highest BCUT2D eigenvalue weighted by atomic mass is 35.5. The SMILES string of the molecule is CCc1nc(C(=O)Nc2cccc(C)c2C(N)=O)nn1-c1ccccc1Cl. The first-order valence-corrected chi connectivity index (χ1v) is 8.71. The predicted molar refractivity (Wildman–Crippen MR) is 103 cm³/mol. The van der Waals surface area contributed by atoms with Crippen LogP contribution in [-0.2, 0) is 6.42 Å². The summed E-state index contributed by atoms with van der Waals surface area (Å²) in [6, 6.07) is 12.3. The predicted octanol–water partition coefficient (Wildman–Crippen LogP) is 3.14. The zero-order chi connectivity index (χ0) is 19.6. The molecule has 2 aromatic carbocycles. The van der Waals surface area contributed by atoms with E-state index in [-0.39, 0.29) is 11.4 Å². The summed E-state index contributed by atoms with van der Waals surface area (Å²) in [5.74, 6) is -0.591. The third kappa shape index (κ3) is 3.68. The Labute approximate surface area is 161 Å². The quantitative estimate of drug-likeness (QED) is 0.706. The van der Waals surface area contributed by atoms with Crippen LogP contribution in [0.2, 0.25) is 5.02 Å². The second-order valence-electron chi connectivity index (χ2n) is 5.88. The Bertz CT molecular complexity index is 1030. The second kappa shape index (κ2) is 7.59. The Morgan fingerprint density at radius 1 is 1.19 bits per heavy atom. The molecule has 0 unspecified atom stereocenters. The maximum absolute atomic E-state index is 12.7. The average Bonchev–Trinajstić information content (AvgIpc) is 3.06. The number of halogens is 1. The van der Waals surface area contributed by atoms with Crippen molar-refractivity contribution in [2.24, 2.45) is 5.73 Å². The third-order valence-electron chi connectivity index (χ3n) is 4.04. The van der Waals surface area contributed by atoms with Crippen molar-refractivity contribution in [3.8, 4) is 5.69 Å². The fourth-order valence-corrected chi connectivity index (χ4v) is 2.98. The van der Waals surface area contributed by atoms with E-state index in [0.717, 1.165) is 0 Å². The molecule has 0 fully saturated rings. The van der Waals surface area contributed by atoms with Crippen LogP contribution in [0.15, 0.2) is 42.5 Å². The van der Waals surface area contributed by atoms with Crippen LogP contribution in [-0.4, -0.2) is 26.6 Å². The molecule has 3 N–H and O–H groups in total. The van der Waals surface area contributed by atoms with E-state index in [9.17, 15) is 9.59 Å². The first-order chi connectivity index (χ1) is 12.9. The van der Waals surface area contributed by atoms with E-state index >= 15 is 0 Å². The van der Waals surface area contributed by atoms with Crippen molar-refractivity contribution in [3.63, 3.8) is 0 Å². The summed E-state index contributed by atoms with van der Waals surface area (Å²) in [5, 5.41) is 7.47. The van der Waals surface area contributed by atoms with Crippen LogP contribution in [0, 0.1) is 6.92 Å². The van der Waals surface area contributed by atoms with Crippen molar-refractivity contribution < 1.29 is 9.59 Å². The molecule has 3 aromatic rings. The van der Waals surface area contributed by atoms with Gasteiger partial charge in [-0.1, -0.05) is 42.8 Å². The summed E-state index contributed by atoms with van der Waals surface area (Å²) in [4.78, 5) is 28.7. The molecule has 0 atom stereocenters. The van der Waals surface area contributed by atoms with Gasteiger partial charge in [-0.3, -0.25) is 9.59 Å². The van der Waals surface area contributed by atoms with Gasteiger partial charge in [0.2, 0.25) is 5.82 Å². The molecule has 1 heterocycles. The van der Waals surface area contributed by atoms with Crippen molar-refractivity contribution in [2.45, 2.75) is 20.3 Å². The van der Waals surface area contributed by atoms with Gasteiger partial charge in [0.05, 0.1) is 22.0 Å². The lowest BCUT2D eigenvalue weighted by Gasteiger charge is -2.09. The molecular weight excluding hydrogens is 366 g/mol. The summed E-state index contributed by atoms with van der Waals surface area (Å²) in [6.45, 7) is 3.65. The smallest absolute Gasteiger partial charge is 0.295 e. The molecule has 8 heteroatoms. The van der Waals surface area contributed by atoms with Crippen molar-refractivity contribution in [3.05, 3.63) is 70.3 Å². The van der Waals surface area contributed by atoms with Gasteiger partial charge in [0.15, 0.2) is 0 Å². The molecule has 7 nitrogen and oxygen atoms in total. The standard InChI is InChI=1S/C19H18ClN5O2/c1-3-15-23-18(24-25(15)14-10-5-4-8-12(14)20)19(27)22-13-9-6-7-11(2)16(13)17(21)26/h4-10H,3H2,1-2H3,(H2,21,26)(H,22,27). The molecule has 0 spiro atoms. The van der Waals surface area contributed by atoms with E-state index < -0.39 is 11.8 Å². The average molecular weight is 384 g/mol. The number of nitrogens with two attached hydrogens (primary N) is 1. The minimum absolute atomic E-state index is 0.0244. The van der Waals surface area contributed by atoms with E-state index in [1.807, 2.05) is 19.1 Å². The molecule has 138 valence electrons. The fraction of sp³-hybridized carbons (Fsp3) is 0.158. The minimum Gasteiger partial charge on any atom is -0.366 e. The molecule has 2 amide bonds. The van der Waals surface area contributed by atoms with Gasteiger partial charge < -0.3 is 11.1 Å². The number of primary amides is 1. The Hall–Kier alpha value is -3.19. The van der Waals surface area contributed by atoms with Crippen molar-refractivity contribution in [1.29, 1.82) is 0 Å². The lowest BCUT2D eigenvalue weighted by molar-refractivity contribution is 0.100. The van der Waals surface area contributed by atoms with Crippen LogP contribution >= 0.6 is 11.6 Å². The molecule has 0 radical (unpaired) electrons. The third-order valence-corrected chi connectivity index (χ3v) is 4.36. The zero-order valence-electron chi connectivity index (χ0n) is 14.9. The lowest BCUT2D eigenvalue weighted by Crippen LogP contribution is -2.20. The number of benzene rings is 2. The van der Waals surface area contributed by atoms with E-state index in [1.54, 1.807) is 41.9 Å². The number of aromatic nitrogens is 3. The van der Waals surface area contributed by atoms with Gasteiger partial charge in [-0.05, 0) is 30.7 Å². The van der Waals surface area contributed by atoms with Gasteiger partial charge in [0, 0.05) is 6.42 Å². The number of nitrogens with zero attached hydrogens (tertiary/aromatic N) is 3. The largest absolute Gasteiger partial charge is 0.366 e. The Morgan fingerprint density at radius 3 is 2.59 bits per heavy atom. The van der Waals surface area contributed by atoms with E-state index in [4.69, 9.17) is 17.3 Å². The molecule has 27 heavy (non-hydrogen) atoms. The van der Waals surface area contributed by atoms with Gasteiger partial charge in [0.1, 0.15) is 5.82 Å². The van der Waals surface area contributed by atoms with E-state index in [2.05, 4.69) is 15.4 Å². The number of rotatable bonds is 5. The van der Waals surface area contributed by atoms with Gasteiger partial charge in [-0.25, -0.2) is 9.67 Å². The van der Waals surface area contributed by atoms with Crippen LogP contribution in [0.1, 0.15) is 39.3 Å². The molecule has 0 saturated heterocycles. The Balaban J connectivity index is 1.97. The normalized spacial score (nSPS) is 10.6. The summed E-state index contributed by atoms with van der Waals surface area (Å²) in [6.07, 6.45) is 0.558. The number of carbonyl (C=O) groups excluding carboxylic acids is 2. The maximum atomic E-state index is 12.7. The second-order valence-corrected chi connectivity index (χ2v) is 6.29. The summed E-state index contributed by atoms with van der Waals surface area (Å²) >= 11 is 6.24. The number of hydrogen-bond donors (Lipinski definition) is 2. The first-order valence-electron chi connectivity index (χ1n) is 8.34.